The third-order valence-corrected chi connectivity index (χ3v) is 2.80. The molecule has 0 spiro atoms. The first kappa shape index (κ1) is 12.1. The van der Waals surface area contributed by atoms with E-state index in [1.54, 1.807) is 0 Å². The van der Waals surface area contributed by atoms with Gasteiger partial charge < -0.3 is 10.8 Å². The summed E-state index contributed by atoms with van der Waals surface area (Å²) in [6, 6.07) is 0. The van der Waals surface area contributed by atoms with Gasteiger partial charge in [0.2, 0.25) is 5.91 Å². The van der Waals surface area contributed by atoms with Crippen LogP contribution in [0, 0.1) is 0 Å². The molecule has 0 unspecified atom stereocenters. The zero-order valence-corrected chi connectivity index (χ0v) is 9.79. The Balaban J connectivity index is 3.13. The van der Waals surface area contributed by atoms with Crippen molar-refractivity contribution in [3.8, 4) is 0 Å². The molecule has 0 atom stereocenters. The lowest BCUT2D eigenvalue weighted by Crippen LogP contribution is -2.26. The van der Waals surface area contributed by atoms with Crippen molar-refractivity contribution >= 4 is 11.6 Å². The third-order valence-electron chi connectivity index (χ3n) is 2.80. The molecule has 0 aromatic heterocycles. The molecule has 0 aliphatic heterocycles. The molecular weight excluding hydrogens is 202 g/mol. The summed E-state index contributed by atoms with van der Waals surface area (Å²) in [5, 5.41) is 2.73. The number of amides is 1. The van der Waals surface area contributed by atoms with Crippen LogP contribution >= 0.6 is 0 Å². The summed E-state index contributed by atoms with van der Waals surface area (Å²) in [4.78, 5) is 14.5. The number of hydrogen-bond donors (Lipinski definition) is 1. The van der Waals surface area contributed by atoms with Gasteiger partial charge in [-0.05, 0) is 26.8 Å². The van der Waals surface area contributed by atoms with E-state index in [0.717, 1.165) is 22.4 Å². The molecule has 4 nitrogen and oxygen atoms in total. The molecule has 0 aromatic rings. The first-order valence-corrected chi connectivity index (χ1v) is 5.03. The highest BCUT2D eigenvalue weighted by atomic mass is 16.1. The minimum Gasteiger partial charge on any atom is -0.361 e. The number of rotatable bonds is 2. The van der Waals surface area contributed by atoms with E-state index in [4.69, 9.17) is 5.53 Å². The van der Waals surface area contributed by atoms with Gasteiger partial charge in [0.05, 0.1) is 5.57 Å². The van der Waals surface area contributed by atoms with Crippen LogP contribution in [0.25, 0.3) is 5.53 Å². The fourth-order valence-electron chi connectivity index (χ4n) is 1.64. The van der Waals surface area contributed by atoms with E-state index in [0.29, 0.717) is 12.1 Å². The Hall–Kier alpha value is -1.93. The van der Waals surface area contributed by atoms with Gasteiger partial charge in [0.25, 0.3) is 0 Å². The van der Waals surface area contributed by atoms with E-state index in [1.165, 1.54) is 6.08 Å². The SMILES string of the molecule is C=CC(=O)NC1=C(C)C(=[N+]=[N-])C(C)=C(C)C1. The van der Waals surface area contributed by atoms with Crippen molar-refractivity contribution in [3.63, 3.8) is 0 Å². The fraction of sp³-hybridized carbons (Fsp3) is 0.333. The average Bonchev–Trinajstić information content (AvgIpc) is 2.26. The van der Waals surface area contributed by atoms with Gasteiger partial charge in [0.15, 0.2) is 0 Å². The number of hydrogen-bond acceptors (Lipinski definition) is 1. The maximum absolute atomic E-state index is 11.2. The Morgan fingerprint density at radius 3 is 2.56 bits per heavy atom. The monoisotopic (exact) mass is 217 g/mol. The van der Waals surface area contributed by atoms with Gasteiger partial charge in [-0.1, -0.05) is 12.2 Å². The smallest absolute Gasteiger partial charge is 0.322 e. The number of carbonyl (C=O) groups is 1. The molecule has 0 saturated heterocycles. The highest BCUT2D eigenvalue weighted by Crippen LogP contribution is 2.25. The number of carbonyl (C=O) groups excluding carboxylic acids is 1. The van der Waals surface area contributed by atoms with E-state index in [2.05, 4.69) is 16.7 Å². The molecule has 1 N–H and O–H groups in total. The van der Waals surface area contributed by atoms with Crippen LogP contribution in [0.4, 0.5) is 0 Å². The minimum absolute atomic E-state index is 0.251. The van der Waals surface area contributed by atoms with Crippen LogP contribution in [0.5, 0.6) is 0 Å². The number of allylic oxidation sites excluding steroid dienone is 3. The van der Waals surface area contributed by atoms with E-state index < -0.39 is 0 Å². The molecule has 0 bridgehead atoms. The number of nitrogens with one attached hydrogen (secondary N) is 1. The van der Waals surface area contributed by atoms with Crippen molar-refractivity contribution in [3.05, 3.63) is 40.6 Å². The Morgan fingerprint density at radius 2 is 2.06 bits per heavy atom. The quantitative estimate of drug-likeness (QED) is 0.429. The van der Waals surface area contributed by atoms with Gasteiger partial charge in [0.1, 0.15) is 0 Å². The van der Waals surface area contributed by atoms with Crippen LogP contribution < -0.4 is 5.32 Å². The zero-order chi connectivity index (χ0) is 12.3. The second kappa shape index (κ2) is 4.73. The van der Waals surface area contributed by atoms with Crippen LogP contribution in [0.1, 0.15) is 27.2 Å². The lowest BCUT2D eigenvalue weighted by molar-refractivity contribution is -0.115. The second-order valence-electron chi connectivity index (χ2n) is 3.83. The molecule has 0 fully saturated rings. The van der Waals surface area contributed by atoms with Crippen LogP contribution in [0.2, 0.25) is 0 Å². The highest BCUT2D eigenvalue weighted by molar-refractivity contribution is 6.10. The minimum atomic E-state index is -0.251. The maximum Gasteiger partial charge on any atom is 0.322 e. The Kier molecular flexibility index (Phi) is 3.59. The van der Waals surface area contributed by atoms with Gasteiger partial charge in [-0.2, -0.15) is 4.79 Å². The van der Waals surface area contributed by atoms with Crippen LogP contribution in [0.3, 0.4) is 0 Å². The molecule has 4 heteroatoms. The van der Waals surface area contributed by atoms with E-state index >= 15 is 0 Å². The lowest BCUT2D eigenvalue weighted by atomic mass is 9.90. The van der Waals surface area contributed by atoms with Gasteiger partial charge in [-0.3, -0.25) is 4.79 Å². The van der Waals surface area contributed by atoms with Crippen molar-refractivity contribution in [2.75, 3.05) is 0 Å². The molecule has 0 heterocycles. The van der Waals surface area contributed by atoms with Gasteiger partial charge in [0, 0.05) is 17.7 Å². The Morgan fingerprint density at radius 1 is 1.44 bits per heavy atom. The summed E-state index contributed by atoms with van der Waals surface area (Å²) in [5.41, 5.74) is 13.1. The molecule has 16 heavy (non-hydrogen) atoms. The summed E-state index contributed by atoms with van der Waals surface area (Å²) in [7, 11) is 0. The Labute approximate surface area is 95.0 Å². The largest absolute Gasteiger partial charge is 0.361 e. The third kappa shape index (κ3) is 2.18. The molecule has 1 rings (SSSR count). The average molecular weight is 217 g/mol. The predicted octanol–water partition coefficient (Wildman–Crippen LogP) is 1.97. The van der Waals surface area contributed by atoms with Crippen molar-refractivity contribution in [2.24, 2.45) is 0 Å². The fourth-order valence-corrected chi connectivity index (χ4v) is 1.64. The summed E-state index contributed by atoms with van der Waals surface area (Å²) in [6.07, 6.45) is 1.88. The molecule has 0 saturated carbocycles. The van der Waals surface area contributed by atoms with Crippen molar-refractivity contribution in [1.82, 2.24) is 5.32 Å². The second-order valence-corrected chi connectivity index (χ2v) is 3.83. The summed E-state index contributed by atoms with van der Waals surface area (Å²) in [5.74, 6) is -0.251. The molecule has 0 aromatic carbocycles. The zero-order valence-electron chi connectivity index (χ0n) is 9.79. The molecule has 1 aliphatic carbocycles. The first-order valence-electron chi connectivity index (χ1n) is 5.03. The van der Waals surface area contributed by atoms with E-state index in [-0.39, 0.29) is 5.91 Å². The lowest BCUT2D eigenvalue weighted by Gasteiger charge is -2.17. The molecule has 0 radical (unpaired) electrons. The van der Waals surface area contributed by atoms with Gasteiger partial charge in [-0.25, -0.2) is 0 Å². The molecule has 84 valence electrons. The molecule has 1 aliphatic rings. The standard InChI is InChI=1S/C12H15N3O/c1-5-11(16)14-10-6-7(2)8(3)12(15-13)9(10)4/h5H,1,6H2,2-4H3,(H,14,16). The normalized spacial score (nSPS) is 16.1. The van der Waals surface area contributed by atoms with E-state index in [1.807, 2.05) is 20.8 Å². The highest BCUT2D eigenvalue weighted by Gasteiger charge is 2.25. The Bertz CT molecular complexity index is 459. The van der Waals surface area contributed by atoms with E-state index in [9.17, 15) is 4.79 Å². The molecule has 1 amide bonds. The summed E-state index contributed by atoms with van der Waals surface area (Å²) < 4.78 is 0. The van der Waals surface area contributed by atoms with Gasteiger partial charge in [-0.15, -0.1) is 0 Å². The number of nitrogens with zero attached hydrogens (tertiary/aromatic N) is 2. The molecular formula is C12H15N3O. The first-order chi connectivity index (χ1) is 7.51. The van der Waals surface area contributed by atoms with Crippen molar-refractivity contribution in [1.29, 1.82) is 0 Å². The maximum atomic E-state index is 11.2. The van der Waals surface area contributed by atoms with Crippen LogP contribution in [-0.4, -0.2) is 16.4 Å². The predicted molar refractivity (Wildman–Crippen MR) is 62.7 cm³/mol. The summed E-state index contributed by atoms with van der Waals surface area (Å²) >= 11 is 0. The topological polar surface area (TPSA) is 65.5 Å². The van der Waals surface area contributed by atoms with Crippen LogP contribution in [0.15, 0.2) is 35.1 Å². The van der Waals surface area contributed by atoms with Gasteiger partial charge >= 0.3 is 5.71 Å². The summed E-state index contributed by atoms with van der Waals surface area (Å²) in [6.45, 7) is 9.08. The van der Waals surface area contributed by atoms with Crippen LogP contribution in [-0.2, 0) is 4.79 Å². The van der Waals surface area contributed by atoms with Crippen molar-refractivity contribution in [2.45, 2.75) is 27.2 Å². The van der Waals surface area contributed by atoms with Crippen molar-refractivity contribution < 1.29 is 9.58 Å².